The van der Waals surface area contributed by atoms with Crippen LogP contribution < -0.4 is 5.32 Å². The molecular weight excluding hydrogens is 318 g/mol. The highest BCUT2D eigenvalue weighted by Crippen LogP contribution is 2.19. The summed E-state index contributed by atoms with van der Waals surface area (Å²) in [6.07, 6.45) is 5.53. The minimum absolute atomic E-state index is 0.0148. The van der Waals surface area contributed by atoms with Gasteiger partial charge in [0.05, 0.1) is 6.26 Å². The molecule has 3 rings (SSSR count). The second-order valence-electron chi connectivity index (χ2n) is 7.38. The van der Waals surface area contributed by atoms with E-state index in [4.69, 9.17) is 4.42 Å². The molecule has 1 atom stereocenters. The van der Waals surface area contributed by atoms with Gasteiger partial charge < -0.3 is 19.5 Å². The van der Waals surface area contributed by atoms with Crippen LogP contribution in [0, 0.1) is 11.8 Å². The molecule has 2 amide bonds. The van der Waals surface area contributed by atoms with E-state index >= 15 is 0 Å². The molecule has 2 fully saturated rings. The van der Waals surface area contributed by atoms with Crippen LogP contribution in [0.3, 0.4) is 0 Å². The number of nitrogens with zero attached hydrogens (tertiary/aromatic N) is 2. The molecule has 1 N–H and O–H groups in total. The van der Waals surface area contributed by atoms with Gasteiger partial charge in [-0.05, 0) is 50.3 Å². The minimum Gasteiger partial charge on any atom is -0.459 e. The quantitative estimate of drug-likeness (QED) is 0.884. The smallest absolute Gasteiger partial charge is 0.289 e. The summed E-state index contributed by atoms with van der Waals surface area (Å²) >= 11 is 0. The minimum atomic E-state index is -0.0805. The van der Waals surface area contributed by atoms with Gasteiger partial charge in [0.1, 0.15) is 0 Å². The fourth-order valence-corrected chi connectivity index (χ4v) is 3.87. The second kappa shape index (κ2) is 8.52. The molecule has 2 aliphatic heterocycles. The maximum Gasteiger partial charge on any atom is 0.289 e. The molecule has 25 heavy (non-hydrogen) atoms. The number of likely N-dealkylation sites (tertiary alicyclic amines) is 2. The van der Waals surface area contributed by atoms with E-state index in [1.54, 1.807) is 17.0 Å². The lowest BCUT2D eigenvalue weighted by atomic mass is 9.95. The second-order valence-corrected chi connectivity index (χ2v) is 7.38. The Morgan fingerprint density at radius 1 is 1.24 bits per heavy atom. The molecule has 0 aliphatic carbocycles. The van der Waals surface area contributed by atoms with E-state index < -0.39 is 0 Å². The number of hydrogen-bond acceptors (Lipinski definition) is 4. The lowest BCUT2D eigenvalue weighted by molar-refractivity contribution is -0.126. The van der Waals surface area contributed by atoms with Crippen LogP contribution in [0.5, 0.6) is 0 Å². The Morgan fingerprint density at radius 2 is 2.04 bits per heavy atom. The summed E-state index contributed by atoms with van der Waals surface area (Å²) in [5, 5.41) is 3.08. The van der Waals surface area contributed by atoms with E-state index in [9.17, 15) is 9.59 Å². The summed E-state index contributed by atoms with van der Waals surface area (Å²) in [5.74, 6) is 1.21. The highest BCUT2D eigenvalue weighted by atomic mass is 16.3. The maximum absolute atomic E-state index is 12.4. The maximum atomic E-state index is 12.4. The third kappa shape index (κ3) is 4.84. The molecule has 0 bridgehead atoms. The van der Waals surface area contributed by atoms with E-state index in [0.29, 0.717) is 18.8 Å². The summed E-state index contributed by atoms with van der Waals surface area (Å²) < 4.78 is 5.17. The number of furan rings is 1. The van der Waals surface area contributed by atoms with Crippen molar-refractivity contribution >= 4 is 11.8 Å². The van der Waals surface area contributed by atoms with Crippen molar-refractivity contribution in [2.24, 2.45) is 11.8 Å². The van der Waals surface area contributed by atoms with Crippen LogP contribution in [0.25, 0.3) is 0 Å². The SMILES string of the molecule is C[C@@H]1CCCN(CCNC(=O)C2CCN(C(=O)c3ccco3)CC2)C1. The Hall–Kier alpha value is -1.82. The Bertz CT molecular complexity index is 564. The third-order valence-electron chi connectivity index (χ3n) is 5.35. The van der Waals surface area contributed by atoms with Gasteiger partial charge in [0, 0.05) is 38.6 Å². The summed E-state index contributed by atoms with van der Waals surface area (Å²) in [7, 11) is 0. The Kier molecular flexibility index (Phi) is 6.13. The lowest BCUT2D eigenvalue weighted by Crippen LogP contribution is -2.45. The number of amides is 2. The molecule has 0 spiro atoms. The van der Waals surface area contributed by atoms with Gasteiger partial charge in [-0.3, -0.25) is 9.59 Å². The third-order valence-corrected chi connectivity index (χ3v) is 5.35. The average Bonchev–Trinajstić information content (AvgIpc) is 3.16. The monoisotopic (exact) mass is 347 g/mol. The number of nitrogens with one attached hydrogen (secondary N) is 1. The first-order valence-corrected chi connectivity index (χ1v) is 9.46. The summed E-state index contributed by atoms with van der Waals surface area (Å²) in [6, 6.07) is 3.40. The van der Waals surface area contributed by atoms with Gasteiger partial charge in [0.25, 0.3) is 5.91 Å². The molecule has 0 saturated carbocycles. The van der Waals surface area contributed by atoms with Gasteiger partial charge in [0.2, 0.25) is 5.91 Å². The first-order valence-electron chi connectivity index (χ1n) is 9.46. The fourth-order valence-electron chi connectivity index (χ4n) is 3.87. The first-order chi connectivity index (χ1) is 12.1. The molecular formula is C19H29N3O3. The van der Waals surface area contributed by atoms with Gasteiger partial charge in [-0.1, -0.05) is 6.92 Å². The molecule has 3 heterocycles. The molecule has 6 heteroatoms. The first kappa shape index (κ1) is 18.0. The molecule has 138 valence electrons. The summed E-state index contributed by atoms with van der Waals surface area (Å²) in [4.78, 5) is 28.8. The lowest BCUT2D eigenvalue weighted by Gasteiger charge is -2.32. The highest BCUT2D eigenvalue weighted by Gasteiger charge is 2.28. The molecule has 1 aromatic rings. The van der Waals surface area contributed by atoms with Crippen molar-refractivity contribution in [1.29, 1.82) is 0 Å². The normalized spacial score (nSPS) is 22.8. The van der Waals surface area contributed by atoms with Crippen LogP contribution in [0.4, 0.5) is 0 Å². The zero-order valence-electron chi connectivity index (χ0n) is 15.1. The van der Waals surface area contributed by atoms with Gasteiger partial charge >= 0.3 is 0 Å². The van der Waals surface area contributed by atoms with Crippen molar-refractivity contribution in [3.63, 3.8) is 0 Å². The number of carbonyl (C=O) groups is 2. The summed E-state index contributed by atoms with van der Waals surface area (Å²) in [5.41, 5.74) is 0. The largest absolute Gasteiger partial charge is 0.459 e. The van der Waals surface area contributed by atoms with Crippen LogP contribution in [0.15, 0.2) is 22.8 Å². The molecule has 2 saturated heterocycles. The molecule has 6 nitrogen and oxygen atoms in total. The van der Waals surface area contributed by atoms with Crippen LogP contribution >= 0.6 is 0 Å². The predicted molar refractivity (Wildman–Crippen MR) is 95.2 cm³/mol. The predicted octanol–water partition coefficient (Wildman–Crippen LogP) is 1.98. The van der Waals surface area contributed by atoms with Crippen LogP contribution in [0.1, 0.15) is 43.2 Å². The molecule has 0 aromatic carbocycles. The molecule has 2 aliphatic rings. The topological polar surface area (TPSA) is 65.8 Å². The Morgan fingerprint density at radius 3 is 2.72 bits per heavy atom. The molecule has 0 radical (unpaired) electrons. The van der Waals surface area contributed by atoms with Crippen molar-refractivity contribution in [3.8, 4) is 0 Å². The Labute approximate surface area is 149 Å². The van der Waals surface area contributed by atoms with Crippen LogP contribution in [0.2, 0.25) is 0 Å². The van der Waals surface area contributed by atoms with Gasteiger partial charge in [-0.2, -0.15) is 0 Å². The number of hydrogen-bond donors (Lipinski definition) is 1. The van der Waals surface area contributed by atoms with Crippen molar-refractivity contribution in [2.45, 2.75) is 32.6 Å². The fraction of sp³-hybridized carbons (Fsp3) is 0.684. The van der Waals surface area contributed by atoms with Crippen molar-refractivity contribution in [3.05, 3.63) is 24.2 Å². The van der Waals surface area contributed by atoms with Crippen molar-refractivity contribution in [1.82, 2.24) is 15.1 Å². The van der Waals surface area contributed by atoms with Crippen LogP contribution in [-0.2, 0) is 4.79 Å². The number of carbonyl (C=O) groups excluding carboxylic acids is 2. The standard InChI is InChI=1S/C19H29N3O3/c1-15-4-2-9-21(14-15)12-8-20-18(23)16-6-10-22(11-7-16)19(24)17-5-3-13-25-17/h3,5,13,15-16H,2,4,6-12,14H2,1H3,(H,20,23)/t15-/m1/s1. The molecule has 0 unspecified atom stereocenters. The van der Waals surface area contributed by atoms with E-state index in [2.05, 4.69) is 17.1 Å². The zero-order chi connectivity index (χ0) is 17.6. The van der Waals surface area contributed by atoms with Crippen molar-refractivity contribution < 1.29 is 14.0 Å². The van der Waals surface area contributed by atoms with E-state index in [1.165, 1.54) is 19.1 Å². The highest BCUT2D eigenvalue weighted by molar-refractivity contribution is 5.91. The van der Waals surface area contributed by atoms with E-state index in [1.807, 2.05) is 0 Å². The van der Waals surface area contributed by atoms with Crippen LogP contribution in [-0.4, -0.2) is 60.9 Å². The van der Waals surface area contributed by atoms with Gasteiger partial charge in [0.15, 0.2) is 5.76 Å². The zero-order valence-corrected chi connectivity index (χ0v) is 15.1. The van der Waals surface area contributed by atoms with E-state index in [-0.39, 0.29) is 17.7 Å². The van der Waals surface area contributed by atoms with E-state index in [0.717, 1.165) is 44.9 Å². The van der Waals surface area contributed by atoms with Crippen molar-refractivity contribution in [2.75, 3.05) is 39.3 Å². The number of piperidine rings is 2. The number of rotatable bonds is 5. The van der Waals surface area contributed by atoms with Gasteiger partial charge in [-0.25, -0.2) is 0 Å². The summed E-state index contributed by atoms with van der Waals surface area (Å²) in [6.45, 7) is 7.46. The average molecular weight is 347 g/mol. The van der Waals surface area contributed by atoms with Gasteiger partial charge in [-0.15, -0.1) is 0 Å². The Balaban J connectivity index is 1.36. The molecule has 1 aromatic heterocycles.